The Labute approximate surface area is 103 Å². The minimum absolute atomic E-state index is 0.0580. The predicted octanol–water partition coefficient (Wildman–Crippen LogP) is 3.02. The van der Waals surface area contributed by atoms with Crippen molar-refractivity contribution in [1.82, 2.24) is 0 Å². The molecule has 0 aromatic heterocycles. The van der Waals surface area contributed by atoms with Gasteiger partial charge >= 0.3 is 0 Å². The third-order valence-corrected chi connectivity index (χ3v) is 4.47. The molecule has 0 amide bonds. The molecule has 0 aliphatic heterocycles. The maximum Gasteiger partial charge on any atom is 0.181 e. The average Bonchev–Trinajstić information content (AvgIpc) is 2.51. The molecule has 94 valence electrons. The SMILES string of the molecule is C/C1=C/CC(C)(C)[C@@H]2CC[C@@](C)(O)/C2=C/C1=O. The van der Waals surface area contributed by atoms with Crippen molar-refractivity contribution in [2.45, 2.75) is 52.6 Å². The van der Waals surface area contributed by atoms with Crippen molar-refractivity contribution in [3.63, 3.8) is 0 Å². The minimum Gasteiger partial charge on any atom is -0.386 e. The number of hydrogen-bond acceptors (Lipinski definition) is 2. The number of aliphatic hydroxyl groups is 1. The van der Waals surface area contributed by atoms with Gasteiger partial charge in [-0.3, -0.25) is 4.79 Å². The topological polar surface area (TPSA) is 37.3 Å². The Balaban J connectivity index is 2.50. The molecule has 0 unspecified atom stereocenters. The van der Waals surface area contributed by atoms with Gasteiger partial charge in [-0.05, 0) is 61.7 Å². The van der Waals surface area contributed by atoms with Crippen molar-refractivity contribution in [3.8, 4) is 0 Å². The summed E-state index contributed by atoms with van der Waals surface area (Å²) in [5, 5.41) is 10.4. The lowest BCUT2D eigenvalue weighted by molar-refractivity contribution is -0.111. The van der Waals surface area contributed by atoms with E-state index in [1.807, 2.05) is 19.9 Å². The number of carbonyl (C=O) groups is 1. The summed E-state index contributed by atoms with van der Waals surface area (Å²) in [7, 11) is 0. The van der Waals surface area contributed by atoms with Gasteiger partial charge in [0.15, 0.2) is 5.78 Å². The van der Waals surface area contributed by atoms with Crippen LogP contribution < -0.4 is 0 Å². The minimum atomic E-state index is -0.796. The second kappa shape index (κ2) is 3.81. The Morgan fingerprint density at radius 3 is 2.65 bits per heavy atom. The lowest BCUT2D eigenvalue weighted by Gasteiger charge is -2.35. The number of carbonyl (C=O) groups excluding carboxylic acids is 1. The van der Waals surface area contributed by atoms with Crippen LogP contribution in [-0.2, 0) is 4.79 Å². The average molecular weight is 234 g/mol. The molecule has 2 rings (SSSR count). The zero-order chi connectivity index (χ0) is 12.8. The van der Waals surface area contributed by atoms with Gasteiger partial charge < -0.3 is 5.11 Å². The molecule has 0 spiro atoms. The van der Waals surface area contributed by atoms with E-state index in [1.165, 1.54) is 0 Å². The predicted molar refractivity (Wildman–Crippen MR) is 68.6 cm³/mol. The summed E-state index contributed by atoms with van der Waals surface area (Å²) < 4.78 is 0. The van der Waals surface area contributed by atoms with Crippen molar-refractivity contribution >= 4 is 5.78 Å². The van der Waals surface area contributed by atoms with E-state index in [2.05, 4.69) is 13.8 Å². The van der Waals surface area contributed by atoms with Crippen LogP contribution in [-0.4, -0.2) is 16.5 Å². The Kier molecular flexibility index (Phi) is 2.81. The number of hydrogen-bond donors (Lipinski definition) is 1. The maximum atomic E-state index is 12.0. The first-order valence-corrected chi connectivity index (χ1v) is 6.39. The third-order valence-electron chi connectivity index (χ3n) is 4.47. The van der Waals surface area contributed by atoms with Crippen LogP contribution in [0.1, 0.15) is 47.0 Å². The van der Waals surface area contributed by atoms with E-state index in [9.17, 15) is 9.90 Å². The molecule has 1 fully saturated rings. The molecular formula is C15H22O2. The van der Waals surface area contributed by atoms with E-state index >= 15 is 0 Å². The second-order valence-corrected chi connectivity index (χ2v) is 6.41. The molecule has 0 radical (unpaired) electrons. The van der Waals surface area contributed by atoms with Gasteiger partial charge in [-0.25, -0.2) is 0 Å². The third kappa shape index (κ3) is 2.11. The highest BCUT2D eigenvalue weighted by atomic mass is 16.3. The molecular weight excluding hydrogens is 212 g/mol. The molecule has 0 saturated heterocycles. The van der Waals surface area contributed by atoms with Gasteiger partial charge in [0.05, 0.1) is 5.60 Å². The molecule has 0 bridgehead atoms. The van der Waals surface area contributed by atoms with Crippen LogP contribution in [0.2, 0.25) is 0 Å². The van der Waals surface area contributed by atoms with Crippen LogP contribution >= 0.6 is 0 Å². The molecule has 2 aliphatic rings. The summed E-state index contributed by atoms with van der Waals surface area (Å²) in [6, 6.07) is 0. The smallest absolute Gasteiger partial charge is 0.181 e. The Morgan fingerprint density at radius 1 is 1.35 bits per heavy atom. The Hall–Kier alpha value is -0.890. The summed E-state index contributed by atoms with van der Waals surface area (Å²) in [4.78, 5) is 12.0. The van der Waals surface area contributed by atoms with Crippen LogP contribution in [0.5, 0.6) is 0 Å². The van der Waals surface area contributed by atoms with Gasteiger partial charge in [-0.1, -0.05) is 19.9 Å². The normalized spacial score (nSPS) is 42.9. The molecule has 1 saturated carbocycles. The van der Waals surface area contributed by atoms with E-state index in [-0.39, 0.29) is 11.2 Å². The van der Waals surface area contributed by atoms with E-state index in [0.717, 1.165) is 30.4 Å². The van der Waals surface area contributed by atoms with Crippen LogP contribution in [0.3, 0.4) is 0 Å². The fourth-order valence-electron chi connectivity index (χ4n) is 3.08. The van der Waals surface area contributed by atoms with Crippen LogP contribution in [0.25, 0.3) is 0 Å². The van der Waals surface area contributed by atoms with Crippen LogP contribution in [0.4, 0.5) is 0 Å². The number of fused-ring (bicyclic) bond motifs is 1. The van der Waals surface area contributed by atoms with Gasteiger partial charge in [0, 0.05) is 0 Å². The van der Waals surface area contributed by atoms with Gasteiger partial charge in [0.1, 0.15) is 0 Å². The van der Waals surface area contributed by atoms with Crippen molar-refractivity contribution < 1.29 is 9.90 Å². The van der Waals surface area contributed by atoms with Gasteiger partial charge in [0.25, 0.3) is 0 Å². The molecule has 2 nitrogen and oxygen atoms in total. The highest BCUT2D eigenvalue weighted by Crippen LogP contribution is 2.50. The van der Waals surface area contributed by atoms with E-state index in [4.69, 9.17) is 0 Å². The second-order valence-electron chi connectivity index (χ2n) is 6.41. The quantitative estimate of drug-likeness (QED) is 0.699. The molecule has 0 aromatic carbocycles. The van der Waals surface area contributed by atoms with E-state index < -0.39 is 5.60 Å². The first-order valence-electron chi connectivity index (χ1n) is 6.39. The monoisotopic (exact) mass is 234 g/mol. The molecule has 2 atom stereocenters. The number of ketones is 1. The largest absolute Gasteiger partial charge is 0.386 e. The van der Waals surface area contributed by atoms with E-state index in [0.29, 0.717) is 5.92 Å². The van der Waals surface area contributed by atoms with Crippen LogP contribution in [0.15, 0.2) is 23.3 Å². The summed E-state index contributed by atoms with van der Waals surface area (Å²) in [6.07, 6.45) is 6.38. The first kappa shape index (κ1) is 12.6. The van der Waals surface area contributed by atoms with Gasteiger partial charge in [0.2, 0.25) is 0 Å². The molecule has 2 heteroatoms. The molecule has 2 aliphatic carbocycles. The lowest BCUT2D eigenvalue weighted by atomic mass is 9.70. The van der Waals surface area contributed by atoms with E-state index in [1.54, 1.807) is 6.08 Å². The lowest BCUT2D eigenvalue weighted by Crippen LogP contribution is -2.31. The van der Waals surface area contributed by atoms with Gasteiger partial charge in [-0.15, -0.1) is 0 Å². The summed E-state index contributed by atoms with van der Waals surface area (Å²) in [6.45, 7) is 8.15. The standard InChI is InChI=1S/C15H22O2/c1-10-5-7-14(2,3)11-6-8-15(4,17)12(11)9-13(10)16/h5,9,11,17H,6-8H2,1-4H3/b10-5-,12-9+/t11-,15-/m1/s1. The summed E-state index contributed by atoms with van der Waals surface area (Å²) in [5.74, 6) is 0.383. The zero-order valence-electron chi connectivity index (χ0n) is 11.2. The Morgan fingerprint density at radius 2 is 2.00 bits per heavy atom. The highest BCUT2D eigenvalue weighted by Gasteiger charge is 2.45. The molecule has 1 N–H and O–H groups in total. The highest BCUT2D eigenvalue weighted by molar-refractivity contribution is 6.04. The fraction of sp³-hybridized carbons (Fsp3) is 0.667. The zero-order valence-corrected chi connectivity index (χ0v) is 11.2. The first-order chi connectivity index (χ1) is 7.74. The molecule has 17 heavy (non-hydrogen) atoms. The molecule has 0 aromatic rings. The van der Waals surface area contributed by atoms with Crippen LogP contribution in [0, 0.1) is 11.3 Å². The van der Waals surface area contributed by atoms with Gasteiger partial charge in [-0.2, -0.15) is 0 Å². The molecule has 0 heterocycles. The summed E-state index contributed by atoms with van der Waals surface area (Å²) >= 11 is 0. The number of allylic oxidation sites excluding steroid dienone is 3. The van der Waals surface area contributed by atoms with Crippen molar-refractivity contribution in [1.29, 1.82) is 0 Å². The maximum absolute atomic E-state index is 12.0. The fourth-order valence-corrected chi connectivity index (χ4v) is 3.08. The van der Waals surface area contributed by atoms with Crippen molar-refractivity contribution in [2.75, 3.05) is 0 Å². The summed E-state index contributed by atoms with van der Waals surface area (Å²) in [5.41, 5.74) is 1.07. The number of rotatable bonds is 0. The van der Waals surface area contributed by atoms with Crippen molar-refractivity contribution in [3.05, 3.63) is 23.3 Å². The van der Waals surface area contributed by atoms with Crippen molar-refractivity contribution in [2.24, 2.45) is 11.3 Å². The Bertz CT molecular complexity index is 411.